The van der Waals surface area contributed by atoms with Crippen LogP contribution in [0.1, 0.15) is 70.7 Å². The highest BCUT2D eigenvalue weighted by Gasteiger charge is 2.74. The number of allylic oxidation sites excluding steroid dienone is 3. The minimum Gasteiger partial charge on any atom is -0.359 e. The largest absolute Gasteiger partial charge is 0.359 e. The van der Waals surface area contributed by atoms with Crippen molar-refractivity contribution in [1.29, 1.82) is 5.26 Å². The van der Waals surface area contributed by atoms with Gasteiger partial charge >= 0.3 is 5.54 Å². The van der Waals surface area contributed by atoms with Crippen LogP contribution in [0, 0.1) is 38.0 Å². The Hall–Kier alpha value is -2.69. The van der Waals surface area contributed by atoms with E-state index >= 15 is 0 Å². The van der Waals surface area contributed by atoms with E-state index in [4.69, 9.17) is 4.63 Å². The minimum absolute atomic E-state index is 0.113. The minimum atomic E-state index is -1.60. The number of rotatable bonds is 1. The van der Waals surface area contributed by atoms with E-state index in [9.17, 15) is 20.6 Å². The SMILES string of the molecule is CC1=C(C)C[C@]2(C#N)[C@H](C1)c1c(no[n+]1[O-])[C@@]1([N+](=O)[O-])CC(C)=C(C)C[C@@H]21. The van der Waals surface area contributed by atoms with E-state index in [1.165, 1.54) is 0 Å². The Morgan fingerprint density at radius 2 is 1.81 bits per heavy atom. The van der Waals surface area contributed by atoms with E-state index in [0.717, 1.165) is 22.3 Å². The van der Waals surface area contributed by atoms with Gasteiger partial charge in [-0.25, -0.2) is 0 Å². The summed E-state index contributed by atoms with van der Waals surface area (Å²) >= 11 is 0. The number of nitro groups is 1. The highest BCUT2D eigenvalue weighted by atomic mass is 16.8. The Morgan fingerprint density at radius 1 is 1.19 bits per heavy atom. The molecule has 0 aliphatic heterocycles. The van der Waals surface area contributed by atoms with Crippen molar-refractivity contribution in [3.05, 3.63) is 49.0 Å². The molecule has 1 aromatic rings. The van der Waals surface area contributed by atoms with Gasteiger partial charge in [-0.15, -0.1) is 0 Å². The quantitative estimate of drug-likeness (QED) is 0.324. The predicted octanol–water partition coefficient (Wildman–Crippen LogP) is 3.26. The van der Waals surface area contributed by atoms with Crippen LogP contribution >= 0.6 is 0 Å². The molecule has 8 heteroatoms. The smallest absolute Gasteiger partial charge is 0.300 e. The van der Waals surface area contributed by atoms with Gasteiger partial charge in [0.25, 0.3) is 5.69 Å². The first-order valence-corrected chi connectivity index (χ1v) is 9.15. The summed E-state index contributed by atoms with van der Waals surface area (Å²) in [4.78, 5) is 12.4. The molecule has 27 heavy (non-hydrogen) atoms. The van der Waals surface area contributed by atoms with Crippen LogP contribution < -0.4 is 4.90 Å². The number of nitriles is 1. The molecule has 0 spiro atoms. The molecule has 1 aromatic heterocycles. The fourth-order valence-electron chi connectivity index (χ4n) is 5.59. The van der Waals surface area contributed by atoms with Crippen molar-refractivity contribution in [2.75, 3.05) is 0 Å². The topological polar surface area (TPSA) is 120 Å². The molecule has 0 saturated carbocycles. The van der Waals surface area contributed by atoms with Gasteiger partial charge in [-0.1, -0.05) is 22.3 Å². The van der Waals surface area contributed by atoms with Gasteiger partial charge in [-0.2, -0.15) is 5.26 Å². The zero-order chi connectivity index (χ0) is 19.7. The van der Waals surface area contributed by atoms with Crippen molar-refractivity contribution in [3.8, 4) is 6.07 Å². The van der Waals surface area contributed by atoms with Crippen molar-refractivity contribution < 1.29 is 14.5 Å². The molecule has 0 aromatic carbocycles. The molecule has 0 unspecified atom stereocenters. The van der Waals surface area contributed by atoms with Crippen molar-refractivity contribution in [2.24, 2.45) is 11.3 Å². The highest BCUT2D eigenvalue weighted by molar-refractivity contribution is 5.42. The summed E-state index contributed by atoms with van der Waals surface area (Å²) < 4.78 is 4.87. The zero-order valence-corrected chi connectivity index (χ0v) is 15.9. The van der Waals surface area contributed by atoms with Gasteiger partial charge in [0.15, 0.2) is 0 Å². The van der Waals surface area contributed by atoms with Gasteiger partial charge in [0.05, 0.1) is 23.3 Å². The Morgan fingerprint density at radius 3 is 2.44 bits per heavy atom. The summed E-state index contributed by atoms with van der Waals surface area (Å²) in [5.41, 5.74) is 1.85. The Labute approximate surface area is 156 Å². The Kier molecular flexibility index (Phi) is 3.55. The van der Waals surface area contributed by atoms with E-state index in [1.807, 2.05) is 27.7 Å². The van der Waals surface area contributed by atoms with Crippen LogP contribution in [0.4, 0.5) is 0 Å². The third-order valence-electron chi connectivity index (χ3n) is 7.31. The van der Waals surface area contributed by atoms with Gasteiger partial charge in [0.2, 0.25) is 5.69 Å². The summed E-state index contributed by atoms with van der Waals surface area (Å²) in [5.74, 6) is -1.01. The number of nitrogens with zero attached hydrogens (tertiary/aromatic N) is 4. The number of fused-ring (bicyclic) bond motifs is 6. The van der Waals surface area contributed by atoms with Crippen LogP contribution in [0.15, 0.2) is 26.9 Å². The molecule has 3 aliphatic carbocycles. The maximum atomic E-state index is 12.5. The predicted molar refractivity (Wildman–Crippen MR) is 93.6 cm³/mol. The fourth-order valence-corrected chi connectivity index (χ4v) is 5.59. The summed E-state index contributed by atoms with van der Waals surface area (Å²) in [5, 5.41) is 39.2. The van der Waals surface area contributed by atoms with Crippen molar-refractivity contribution >= 4 is 0 Å². The van der Waals surface area contributed by atoms with Gasteiger partial charge in [-0.3, -0.25) is 14.7 Å². The molecule has 0 radical (unpaired) electrons. The first kappa shape index (κ1) is 17.7. The van der Waals surface area contributed by atoms with E-state index in [1.54, 1.807) is 0 Å². The standard InChI is InChI=1S/C19H22N4O4/c1-10-5-14-16-17(21-27-22(16)24)19(23(25)26)8-13(4)11(2)6-15(19)18(14,9-20)7-12(10)3/h14-15H,5-8H2,1-4H3/t14-,15+,18+,19-/m1/s1. The fraction of sp³-hybridized carbons (Fsp3) is 0.632. The summed E-state index contributed by atoms with van der Waals surface area (Å²) in [6.45, 7) is 7.82. The lowest BCUT2D eigenvalue weighted by atomic mass is 9.47. The van der Waals surface area contributed by atoms with Gasteiger partial charge in [0, 0.05) is 16.5 Å². The molecular formula is C19H22N4O4. The summed E-state index contributed by atoms with van der Waals surface area (Å²) in [6.07, 6.45) is 1.54. The first-order chi connectivity index (χ1) is 12.7. The van der Waals surface area contributed by atoms with Crippen LogP contribution in [0.25, 0.3) is 0 Å². The average molecular weight is 370 g/mol. The van der Waals surface area contributed by atoms with Crippen molar-refractivity contribution in [1.82, 2.24) is 5.16 Å². The molecular weight excluding hydrogens is 348 g/mol. The third kappa shape index (κ3) is 1.97. The second kappa shape index (κ2) is 5.41. The Bertz CT molecular complexity index is 969. The number of hydrogen-bond donors (Lipinski definition) is 0. The molecule has 3 aliphatic rings. The number of aromatic nitrogens is 2. The second-order valence-corrected chi connectivity index (χ2v) is 8.49. The number of hydrogen-bond acceptors (Lipinski definition) is 6. The lowest BCUT2D eigenvalue weighted by Crippen LogP contribution is -2.60. The van der Waals surface area contributed by atoms with Crippen LogP contribution in [0.2, 0.25) is 0 Å². The van der Waals surface area contributed by atoms with Crippen LogP contribution in [0.3, 0.4) is 0 Å². The van der Waals surface area contributed by atoms with E-state index in [-0.39, 0.29) is 22.7 Å². The summed E-state index contributed by atoms with van der Waals surface area (Å²) in [6, 6.07) is 2.46. The molecule has 0 saturated heterocycles. The maximum absolute atomic E-state index is 12.5. The van der Waals surface area contributed by atoms with Crippen molar-refractivity contribution in [2.45, 2.75) is 64.8 Å². The first-order valence-electron chi connectivity index (χ1n) is 9.15. The maximum Gasteiger partial charge on any atom is 0.300 e. The molecule has 8 nitrogen and oxygen atoms in total. The second-order valence-electron chi connectivity index (χ2n) is 8.49. The lowest BCUT2D eigenvalue weighted by Gasteiger charge is -2.51. The van der Waals surface area contributed by atoms with Crippen LogP contribution in [0.5, 0.6) is 0 Å². The van der Waals surface area contributed by atoms with Crippen LogP contribution in [-0.2, 0) is 5.54 Å². The molecule has 0 bridgehead atoms. The van der Waals surface area contributed by atoms with E-state index in [0.29, 0.717) is 24.2 Å². The third-order valence-corrected chi connectivity index (χ3v) is 7.31. The van der Waals surface area contributed by atoms with Gasteiger partial charge in [-0.05, 0) is 51.9 Å². The molecule has 142 valence electrons. The zero-order valence-electron chi connectivity index (χ0n) is 15.9. The molecule has 0 amide bonds. The highest BCUT2D eigenvalue weighted by Crippen LogP contribution is 2.65. The summed E-state index contributed by atoms with van der Waals surface area (Å²) in [7, 11) is 0. The monoisotopic (exact) mass is 370 g/mol. The molecule has 4 atom stereocenters. The Balaban J connectivity index is 2.10. The molecule has 0 N–H and O–H groups in total. The molecule has 1 heterocycles. The lowest BCUT2D eigenvalue weighted by molar-refractivity contribution is -0.809. The van der Waals surface area contributed by atoms with Crippen LogP contribution in [-0.4, -0.2) is 10.1 Å². The van der Waals surface area contributed by atoms with E-state index < -0.39 is 22.8 Å². The molecule has 0 fully saturated rings. The molecule has 4 rings (SSSR count). The van der Waals surface area contributed by atoms with Gasteiger partial charge in [0.1, 0.15) is 0 Å². The van der Waals surface area contributed by atoms with E-state index in [2.05, 4.69) is 11.2 Å². The average Bonchev–Trinajstić information content (AvgIpc) is 3.00. The van der Waals surface area contributed by atoms with Crippen molar-refractivity contribution in [3.63, 3.8) is 0 Å². The normalized spacial score (nSPS) is 35.2. The van der Waals surface area contributed by atoms with Gasteiger partial charge < -0.3 is 5.21 Å².